The zero-order valence-corrected chi connectivity index (χ0v) is 22.3. The number of benzene rings is 2. The molecule has 7 nitrogen and oxygen atoms in total. The first-order valence-electron chi connectivity index (χ1n) is 13.2. The van der Waals surface area contributed by atoms with Gasteiger partial charge >= 0.3 is 5.97 Å². The van der Waals surface area contributed by atoms with Gasteiger partial charge in [0.1, 0.15) is 11.5 Å². The summed E-state index contributed by atoms with van der Waals surface area (Å²) < 4.78 is 20.6. The number of fused-ring (bicyclic) bond motifs is 2. The Morgan fingerprint density at radius 2 is 1.87 bits per heavy atom. The van der Waals surface area contributed by atoms with Gasteiger partial charge in [0, 0.05) is 61.1 Å². The summed E-state index contributed by atoms with van der Waals surface area (Å²) in [6.45, 7) is 4.27. The number of carbonyl (C=O) groups excluding carboxylic acids is 2. The Kier molecular flexibility index (Phi) is 7.26. The van der Waals surface area contributed by atoms with Crippen molar-refractivity contribution in [2.24, 2.45) is 0 Å². The van der Waals surface area contributed by atoms with E-state index < -0.39 is 5.97 Å². The van der Waals surface area contributed by atoms with E-state index >= 15 is 0 Å². The Balaban J connectivity index is 1.07. The van der Waals surface area contributed by atoms with Crippen molar-refractivity contribution in [2.45, 2.75) is 19.3 Å². The van der Waals surface area contributed by atoms with E-state index in [1.807, 2.05) is 5.38 Å². The third-order valence-corrected chi connectivity index (χ3v) is 8.36. The molecule has 2 aliphatic heterocycles. The number of hydrogen-bond donors (Lipinski definition) is 0. The number of aromatic nitrogens is 1. The van der Waals surface area contributed by atoms with Gasteiger partial charge in [0.05, 0.1) is 5.69 Å². The van der Waals surface area contributed by atoms with Gasteiger partial charge in [-0.15, -0.1) is 11.3 Å². The quantitative estimate of drug-likeness (QED) is 0.309. The van der Waals surface area contributed by atoms with E-state index in [-0.39, 0.29) is 24.1 Å². The lowest BCUT2D eigenvalue weighted by atomic mass is 9.98. The molecule has 6 rings (SSSR count). The van der Waals surface area contributed by atoms with Crippen LogP contribution in [0.4, 0.5) is 15.8 Å². The first kappa shape index (κ1) is 25.5. The summed E-state index contributed by atoms with van der Waals surface area (Å²) in [7, 11) is 0. The number of pyridine rings is 1. The number of carbonyl (C=O) groups is 2. The van der Waals surface area contributed by atoms with Gasteiger partial charge in [0.2, 0.25) is 5.91 Å². The zero-order chi connectivity index (χ0) is 26.8. The molecule has 0 aliphatic carbocycles. The predicted molar refractivity (Wildman–Crippen MR) is 151 cm³/mol. The highest BCUT2D eigenvalue weighted by Crippen LogP contribution is 2.33. The number of anilines is 2. The normalized spacial score (nSPS) is 16.0. The largest absolute Gasteiger partial charge is 0.439 e. The molecule has 0 unspecified atom stereocenters. The molecule has 0 N–H and O–H groups in total. The molecular weight excluding hydrogens is 515 g/mol. The minimum atomic E-state index is -0.552. The van der Waals surface area contributed by atoms with Crippen molar-refractivity contribution in [1.82, 2.24) is 9.88 Å². The summed E-state index contributed by atoms with van der Waals surface area (Å²) in [5, 5.41) is 3.13. The maximum Gasteiger partial charge on any atom is 0.358 e. The van der Waals surface area contributed by atoms with E-state index in [2.05, 4.69) is 39.0 Å². The van der Waals surface area contributed by atoms with Crippen molar-refractivity contribution in [1.29, 1.82) is 0 Å². The molecule has 1 amide bonds. The zero-order valence-electron chi connectivity index (χ0n) is 21.5. The van der Waals surface area contributed by atoms with Gasteiger partial charge < -0.3 is 9.64 Å². The van der Waals surface area contributed by atoms with Crippen LogP contribution in [0, 0.1) is 5.82 Å². The first-order chi connectivity index (χ1) is 19.0. The van der Waals surface area contributed by atoms with Crippen LogP contribution in [-0.2, 0) is 22.4 Å². The molecule has 0 atom stereocenters. The number of hydrogen-bond acceptors (Lipinski definition) is 7. The number of aryl methyl sites for hydroxylation is 1. The van der Waals surface area contributed by atoms with E-state index in [4.69, 9.17) is 4.74 Å². The van der Waals surface area contributed by atoms with Crippen LogP contribution in [0.3, 0.4) is 0 Å². The molecular formula is C30H29FN4O3S. The van der Waals surface area contributed by atoms with Crippen LogP contribution in [0.5, 0.6) is 0 Å². The summed E-state index contributed by atoms with van der Waals surface area (Å²) in [5.41, 5.74) is 4.23. The van der Waals surface area contributed by atoms with Gasteiger partial charge in [-0.2, -0.15) is 0 Å². The van der Waals surface area contributed by atoms with Crippen molar-refractivity contribution < 1.29 is 18.7 Å². The van der Waals surface area contributed by atoms with Crippen LogP contribution in [-0.4, -0.2) is 61.2 Å². The van der Waals surface area contributed by atoms with Crippen molar-refractivity contribution in [3.63, 3.8) is 0 Å². The van der Waals surface area contributed by atoms with Crippen molar-refractivity contribution >= 4 is 44.7 Å². The summed E-state index contributed by atoms with van der Waals surface area (Å²) in [4.78, 5) is 35.4. The second-order valence-corrected chi connectivity index (χ2v) is 10.8. The number of piperazine rings is 1. The maximum absolute atomic E-state index is 14.2. The van der Waals surface area contributed by atoms with Gasteiger partial charge in [-0.25, -0.2) is 14.2 Å². The Hall–Kier alpha value is -3.82. The highest BCUT2D eigenvalue weighted by atomic mass is 32.1. The van der Waals surface area contributed by atoms with Crippen LogP contribution in [0.1, 0.15) is 28.0 Å². The van der Waals surface area contributed by atoms with Gasteiger partial charge in [-0.05, 0) is 65.7 Å². The van der Waals surface area contributed by atoms with Crippen LogP contribution in [0.2, 0.25) is 0 Å². The molecule has 2 aromatic carbocycles. The average molecular weight is 545 g/mol. The molecule has 4 heterocycles. The Morgan fingerprint density at radius 3 is 2.69 bits per heavy atom. The standard InChI is InChI=1S/C30H29FN4O3S/c31-23-18-27(24-9-16-39-28(24)19-23)34-14-12-33(13-15-34)11-8-21-4-5-22-6-7-29(36)35(26(22)17-21)20-38-30(37)25-3-1-2-10-32-25/h1-5,9-10,16-19H,6-8,11-15,20H2. The predicted octanol–water partition coefficient (Wildman–Crippen LogP) is 4.89. The summed E-state index contributed by atoms with van der Waals surface area (Å²) >= 11 is 1.57. The van der Waals surface area contributed by atoms with E-state index in [0.29, 0.717) is 12.8 Å². The van der Waals surface area contributed by atoms with Crippen LogP contribution >= 0.6 is 11.3 Å². The number of ether oxygens (including phenoxy) is 1. The minimum Gasteiger partial charge on any atom is -0.439 e. The maximum atomic E-state index is 14.2. The minimum absolute atomic E-state index is 0.0540. The SMILES string of the molecule is O=C(OCN1C(=O)CCc2ccc(CCN3CCN(c4cc(F)cc5sccc45)CC3)cc21)c1ccccn1. The fourth-order valence-corrected chi connectivity index (χ4v) is 6.17. The Labute approximate surface area is 230 Å². The van der Waals surface area contributed by atoms with E-state index in [0.717, 1.165) is 71.7 Å². The van der Waals surface area contributed by atoms with Gasteiger partial charge in [-0.1, -0.05) is 18.2 Å². The number of thiophene rings is 1. The average Bonchev–Trinajstić information content (AvgIpc) is 3.44. The highest BCUT2D eigenvalue weighted by molar-refractivity contribution is 7.17. The molecule has 0 spiro atoms. The third-order valence-electron chi connectivity index (χ3n) is 7.49. The Bertz CT molecular complexity index is 1500. The highest BCUT2D eigenvalue weighted by Gasteiger charge is 2.26. The number of rotatable bonds is 7. The lowest BCUT2D eigenvalue weighted by Crippen LogP contribution is -2.47. The summed E-state index contributed by atoms with van der Waals surface area (Å²) in [6, 6.07) is 16.6. The molecule has 0 radical (unpaired) electrons. The van der Waals surface area contributed by atoms with Crippen LogP contribution in [0.25, 0.3) is 10.1 Å². The topological polar surface area (TPSA) is 66.0 Å². The number of nitrogens with zero attached hydrogens (tertiary/aromatic N) is 4. The van der Waals surface area contributed by atoms with E-state index in [1.165, 1.54) is 6.20 Å². The molecule has 1 fully saturated rings. The van der Waals surface area contributed by atoms with Crippen LogP contribution < -0.4 is 9.80 Å². The smallest absolute Gasteiger partial charge is 0.358 e. The van der Waals surface area contributed by atoms with E-state index in [1.54, 1.807) is 46.6 Å². The van der Waals surface area contributed by atoms with Gasteiger partial charge in [-0.3, -0.25) is 14.6 Å². The monoisotopic (exact) mass is 544 g/mol. The fourth-order valence-electron chi connectivity index (χ4n) is 5.34. The number of halogens is 1. The molecule has 0 bridgehead atoms. The lowest BCUT2D eigenvalue weighted by Gasteiger charge is -2.36. The van der Waals surface area contributed by atoms with Crippen molar-refractivity contribution in [2.75, 3.05) is 49.3 Å². The molecule has 9 heteroatoms. The molecule has 4 aromatic rings. The first-order valence-corrected chi connectivity index (χ1v) is 14.1. The van der Waals surface area contributed by atoms with Crippen molar-refractivity contribution in [3.8, 4) is 0 Å². The number of esters is 1. The molecule has 2 aromatic heterocycles. The van der Waals surface area contributed by atoms with Gasteiger partial charge in [0.25, 0.3) is 0 Å². The lowest BCUT2D eigenvalue weighted by molar-refractivity contribution is -0.119. The molecule has 200 valence electrons. The third kappa shape index (κ3) is 5.51. The van der Waals surface area contributed by atoms with Gasteiger partial charge in [0.15, 0.2) is 6.73 Å². The van der Waals surface area contributed by atoms with Crippen molar-refractivity contribution in [3.05, 3.63) is 88.8 Å². The van der Waals surface area contributed by atoms with E-state index in [9.17, 15) is 14.0 Å². The fraction of sp³-hybridized carbons (Fsp3) is 0.300. The molecule has 0 saturated carbocycles. The molecule has 1 saturated heterocycles. The van der Waals surface area contributed by atoms with Crippen LogP contribution in [0.15, 0.2) is 66.2 Å². The second-order valence-electron chi connectivity index (χ2n) is 9.90. The summed E-state index contributed by atoms with van der Waals surface area (Å²) in [5.74, 6) is -0.792. The Morgan fingerprint density at radius 1 is 1.00 bits per heavy atom. The second kappa shape index (κ2) is 11.1. The molecule has 39 heavy (non-hydrogen) atoms. The molecule has 2 aliphatic rings. The number of amides is 1. The summed E-state index contributed by atoms with van der Waals surface area (Å²) in [6.07, 6.45) is 3.45.